The summed E-state index contributed by atoms with van der Waals surface area (Å²) in [5.41, 5.74) is 7.89. The molecule has 0 aliphatic rings. The minimum Gasteiger partial charge on any atom is -0.496 e. The van der Waals surface area contributed by atoms with Crippen LogP contribution < -0.4 is 24.7 Å². The SMILES string of the molecule is COc1c(-c2cnc(N)o2)ccc2ccccc12.COc1c(C(=O)CBr)ccc2ccccc12.COc1c(C(=O)CO)ccc2ccccc12.COc1cccc2ccc(C(=O)COC(C)=O)cc12. The molecule has 69 heavy (non-hydrogen) atoms. The highest BCUT2D eigenvalue weighted by molar-refractivity contribution is 9.09. The lowest BCUT2D eigenvalue weighted by Gasteiger charge is -2.09. The predicted octanol–water partition coefficient (Wildman–Crippen LogP) is 11.1. The number of nitrogens with zero attached hydrogens (tertiary/aromatic N) is 1. The van der Waals surface area contributed by atoms with E-state index in [0.717, 1.165) is 54.4 Å². The first-order valence-corrected chi connectivity index (χ1v) is 22.4. The Labute approximate surface area is 406 Å². The quantitative estimate of drug-likeness (QED) is 0.0669. The highest BCUT2D eigenvalue weighted by atomic mass is 79.9. The van der Waals surface area contributed by atoms with Gasteiger partial charge in [-0.3, -0.25) is 19.2 Å². The number of nitrogen functional groups attached to an aromatic ring is 1. The van der Waals surface area contributed by atoms with Crippen molar-refractivity contribution in [3.05, 3.63) is 168 Å². The van der Waals surface area contributed by atoms with Crippen LogP contribution in [0.25, 0.3) is 54.4 Å². The minimum absolute atomic E-state index is 0.0302. The van der Waals surface area contributed by atoms with E-state index in [1.54, 1.807) is 45.7 Å². The van der Waals surface area contributed by atoms with E-state index in [2.05, 4.69) is 20.9 Å². The fraction of sp³-hybridized carbons (Fsp3) is 0.145. The Morgan fingerprint density at radius 1 is 0.580 bits per heavy atom. The number of hydrogen-bond donors (Lipinski definition) is 2. The molecule has 9 rings (SSSR count). The largest absolute Gasteiger partial charge is 0.496 e. The summed E-state index contributed by atoms with van der Waals surface area (Å²) in [6.45, 7) is 0.529. The van der Waals surface area contributed by atoms with Crippen LogP contribution in [0.2, 0.25) is 0 Å². The summed E-state index contributed by atoms with van der Waals surface area (Å²) in [4.78, 5) is 49.7. The molecule has 0 saturated heterocycles. The van der Waals surface area contributed by atoms with Crippen LogP contribution in [0.1, 0.15) is 38.0 Å². The van der Waals surface area contributed by atoms with Crippen molar-refractivity contribution < 1.29 is 52.4 Å². The first-order chi connectivity index (χ1) is 33.5. The Bertz CT molecular complexity index is 3180. The van der Waals surface area contributed by atoms with Gasteiger partial charge in [0.1, 0.15) is 29.6 Å². The molecular formula is C55H49BrN2O11. The fourth-order valence-corrected chi connectivity index (χ4v) is 7.74. The highest BCUT2D eigenvalue weighted by Gasteiger charge is 2.16. The third kappa shape index (κ3) is 12.1. The van der Waals surface area contributed by atoms with Crippen molar-refractivity contribution in [2.24, 2.45) is 0 Å². The van der Waals surface area contributed by atoms with Crippen molar-refractivity contribution in [1.29, 1.82) is 0 Å². The van der Waals surface area contributed by atoms with Gasteiger partial charge in [0.15, 0.2) is 29.7 Å². The topological polar surface area (TPSA) is 187 Å². The zero-order chi connectivity index (χ0) is 49.5. The number of anilines is 1. The fourth-order valence-electron chi connectivity index (χ4n) is 7.44. The summed E-state index contributed by atoms with van der Waals surface area (Å²) in [6.07, 6.45) is 1.60. The number of nitrogens with two attached hydrogens (primary N) is 1. The summed E-state index contributed by atoms with van der Waals surface area (Å²) < 4.78 is 31.4. The molecule has 1 heterocycles. The van der Waals surface area contributed by atoms with E-state index in [1.165, 1.54) is 14.0 Å². The first-order valence-electron chi connectivity index (χ1n) is 21.3. The molecule has 0 amide bonds. The maximum atomic E-state index is 11.9. The third-order valence-electron chi connectivity index (χ3n) is 10.7. The summed E-state index contributed by atoms with van der Waals surface area (Å²) in [5.74, 6) is 2.26. The number of hydrogen-bond acceptors (Lipinski definition) is 13. The lowest BCUT2D eigenvalue weighted by molar-refractivity contribution is -0.139. The van der Waals surface area contributed by atoms with Crippen LogP contribution in [-0.4, -0.2) is 80.4 Å². The Hall–Kier alpha value is -8.07. The van der Waals surface area contributed by atoms with Gasteiger partial charge in [-0.05, 0) is 51.9 Å². The number of esters is 1. The average Bonchev–Trinajstić information content (AvgIpc) is 3.84. The molecule has 0 unspecified atom stereocenters. The molecule has 1 aromatic heterocycles. The van der Waals surface area contributed by atoms with Crippen LogP contribution >= 0.6 is 15.9 Å². The number of carbonyl (C=O) groups is 4. The summed E-state index contributed by atoms with van der Waals surface area (Å²) >= 11 is 3.17. The van der Waals surface area contributed by atoms with Gasteiger partial charge < -0.3 is 38.9 Å². The second kappa shape index (κ2) is 24.1. The van der Waals surface area contributed by atoms with Crippen molar-refractivity contribution in [2.45, 2.75) is 6.92 Å². The van der Waals surface area contributed by atoms with Gasteiger partial charge in [0.2, 0.25) is 0 Å². The van der Waals surface area contributed by atoms with E-state index in [9.17, 15) is 19.2 Å². The van der Waals surface area contributed by atoms with Gasteiger partial charge in [-0.25, -0.2) is 4.98 Å². The number of carbonyl (C=O) groups excluding carboxylic acids is 4. The normalized spacial score (nSPS) is 10.4. The molecular weight excluding hydrogens is 945 g/mol. The van der Waals surface area contributed by atoms with Gasteiger partial charge in [0.25, 0.3) is 6.01 Å². The number of ether oxygens (including phenoxy) is 5. The molecule has 0 aliphatic heterocycles. The number of benzene rings is 8. The summed E-state index contributed by atoms with van der Waals surface area (Å²) in [6, 6.07) is 45.9. The van der Waals surface area contributed by atoms with E-state index in [0.29, 0.717) is 45.0 Å². The molecule has 0 saturated carbocycles. The van der Waals surface area contributed by atoms with Crippen molar-refractivity contribution in [3.8, 4) is 34.3 Å². The highest BCUT2D eigenvalue weighted by Crippen LogP contribution is 2.37. The molecule has 8 aromatic carbocycles. The monoisotopic (exact) mass is 992 g/mol. The Balaban J connectivity index is 0.000000152. The van der Waals surface area contributed by atoms with Gasteiger partial charge in [-0.15, -0.1) is 0 Å². The first kappa shape index (κ1) is 50.3. The lowest BCUT2D eigenvalue weighted by atomic mass is 10.0. The maximum Gasteiger partial charge on any atom is 0.303 e. The molecule has 3 N–H and O–H groups in total. The van der Waals surface area contributed by atoms with Crippen molar-refractivity contribution in [3.63, 3.8) is 0 Å². The molecule has 14 heteroatoms. The Morgan fingerprint density at radius 2 is 1.07 bits per heavy atom. The second-order valence-electron chi connectivity index (χ2n) is 14.9. The maximum absolute atomic E-state index is 11.9. The van der Waals surface area contributed by atoms with Gasteiger partial charge in [-0.2, -0.15) is 0 Å². The van der Waals surface area contributed by atoms with E-state index in [1.807, 2.05) is 127 Å². The smallest absolute Gasteiger partial charge is 0.303 e. The molecule has 0 aliphatic carbocycles. The van der Waals surface area contributed by atoms with Crippen LogP contribution in [0.3, 0.4) is 0 Å². The molecule has 0 radical (unpaired) electrons. The van der Waals surface area contributed by atoms with E-state index in [-0.39, 0.29) is 30.0 Å². The van der Waals surface area contributed by atoms with Crippen LogP contribution in [0.15, 0.2) is 156 Å². The second-order valence-corrected chi connectivity index (χ2v) is 15.5. The standard InChI is InChI=1S/C15H14O4.C14H12N2O2.C13H11BrO2.C13H12O3/c1-10(16)19-9-14(17)12-7-6-11-4-3-5-15(18-2)13(11)8-12;1-17-13-10-5-3-2-4-9(10)6-7-11(13)12-8-16-14(15)18-12;2*1-16-13-10-5-3-2-4-9(10)6-7-11(13)12(15)8-14/h3-8H,9H2,1-2H3;2-8H,1H3,(H2,15,16);2-7H,8H2,1H3;2-7,14H,8H2,1H3. The molecule has 13 nitrogen and oxygen atoms in total. The van der Waals surface area contributed by atoms with Crippen LogP contribution in [-0.2, 0) is 9.53 Å². The zero-order valence-corrected chi connectivity index (χ0v) is 40.1. The van der Waals surface area contributed by atoms with Crippen molar-refractivity contribution in [2.75, 3.05) is 52.7 Å². The van der Waals surface area contributed by atoms with Gasteiger partial charge in [0.05, 0.1) is 56.7 Å². The molecule has 352 valence electrons. The number of ketones is 3. The number of halogens is 1. The number of methoxy groups -OCH3 is 4. The average molecular weight is 994 g/mol. The van der Waals surface area contributed by atoms with Gasteiger partial charge >= 0.3 is 5.97 Å². The van der Waals surface area contributed by atoms with Crippen LogP contribution in [0.4, 0.5) is 6.01 Å². The number of rotatable bonds is 12. The van der Waals surface area contributed by atoms with E-state index >= 15 is 0 Å². The van der Waals surface area contributed by atoms with Gasteiger partial charge in [0, 0.05) is 34.0 Å². The molecule has 0 bridgehead atoms. The van der Waals surface area contributed by atoms with Crippen LogP contribution in [0, 0.1) is 0 Å². The molecule has 0 fully saturated rings. The predicted molar refractivity (Wildman–Crippen MR) is 272 cm³/mol. The summed E-state index contributed by atoms with van der Waals surface area (Å²) in [7, 11) is 6.34. The molecule has 9 aromatic rings. The van der Waals surface area contributed by atoms with Crippen molar-refractivity contribution in [1.82, 2.24) is 4.98 Å². The van der Waals surface area contributed by atoms with E-state index < -0.39 is 12.6 Å². The Morgan fingerprint density at radius 3 is 1.57 bits per heavy atom. The molecule has 0 atom stereocenters. The summed E-state index contributed by atoms with van der Waals surface area (Å²) in [5, 5.41) is 17.1. The third-order valence-corrected chi connectivity index (χ3v) is 11.2. The lowest BCUT2D eigenvalue weighted by Crippen LogP contribution is -2.11. The zero-order valence-electron chi connectivity index (χ0n) is 38.5. The number of aromatic nitrogens is 1. The number of Topliss-reactive ketones (excluding diaryl/α,β-unsaturated/α-hetero) is 3. The number of fused-ring (bicyclic) bond motifs is 4. The minimum atomic E-state index is -0.505. The number of alkyl halides is 1. The molecule has 0 spiro atoms. The van der Waals surface area contributed by atoms with E-state index in [4.69, 9.17) is 38.9 Å². The number of aliphatic hydroxyl groups excluding tert-OH is 1. The van der Waals surface area contributed by atoms with Crippen molar-refractivity contribution >= 4 is 88.4 Å². The number of aliphatic hydroxyl groups is 1. The number of oxazole rings is 1. The Kier molecular flexibility index (Phi) is 17.6. The van der Waals surface area contributed by atoms with Gasteiger partial charge in [-0.1, -0.05) is 131 Å². The van der Waals surface area contributed by atoms with Crippen LogP contribution in [0.5, 0.6) is 23.0 Å².